The minimum atomic E-state index is -0.792. The lowest BCUT2D eigenvalue weighted by molar-refractivity contribution is 0.339. The summed E-state index contributed by atoms with van der Waals surface area (Å²) in [5.74, 6) is -0.921. The Morgan fingerprint density at radius 2 is 1.94 bits per heavy atom. The third-order valence-electron chi connectivity index (χ3n) is 2.44. The molecule has 0 unspecified atom stereocenters. The van der Waals surface area contributed by atoms with Gasteiger partial charge in [0.1, 0.15) is 0 Å². The van der Waals surface area contributed by atoms with Crippen molar-refractivity contribution in [1.29, 1.82) is 0 Å². The molecule has 1 nitrogen and oxygen atoms in total. The minimum absolute atomic E-state index is 0.648. The Morgan fingerprint density at radius 1 is 1.19 bits per heavy atom. The van der Waals surface area contributed by atoms with Crippen LogP contribution in [0.2, 0.25) is 0 Å². The summed E-state index contributed by atoms with van der Waals surface area (Å²) in [4.78, 5) is 2.13. The highest BCUT2D eigenvalue weighted by Crippen LogP contribution is 2.09. The molecule has 0 atom stereocenters. The SMILES string of the molecule is CN(CCCCl)CCc1ccc(F)c(F)c1. The first-order valence-electron chi connectivity index (χ1n) is 5.32. The van der Waals surface area contributed by atoms with Gasteiger partial charge in [0.2, 0.25) is 0 Å². The van der Waals surface area contributed by atoms with Crippen LogP contribution in [0.5, 0.6) is 0 Å². The van der Waals surface area contributed by atoms with E-state index < -0.39 is 11.6 Å². The van der Waals surface area contributed by atoms with Crippen LogP contribution in [0, 0.1) is 11.6 Å². The molecule has 0 aliphatic carbocycles. The number of nitrogens with zero attached hydrogens (tertiary/aromatic N) is 1. The highest BCUT2D eigenvalue weighted by Gasteiger charge is 2.03. The van der Waals surface area contributed by atoms with Crippen LogP contribution in [0.4, 0.5) is 8.78 Å². The first kappa shape index (κ1) is 13.4. The van der Waals surface area contributed by atoms with Gasteiger partial charge >= 0.3 is 0 Å². The number of benzene rings is 1. The predicted molar refractivity (Wildman–Crippen MR) is 62.9 cm³/mol. The van der Waals surface area contributed by atoms with Crippen molar-refractivity contribution in [3.63, 3.8) is 0 Å². The van der Waals surface area contributed by atoms with Crippen molar-refractivity contribution in [2.24, 2.45) is 0 Å². The Hall–Kier alpha value is -0.670. The molecule has 1 aromatic carbocycles. The summed E-state index contributed by atoms with van der Waals surface area (Å²) >= 11 is 5.58. The molecule has 0 aliphatic rings. The largest absolute Gasteiger partial charge is 0.306 e. The minimum Gasteiger partial charge on any atom is -0.306 e. The lowest BCUT2D eigenvalue weighted by Gasteiger charge is -2.15. The number of alkyl halides is 1. The molecule has 0 fully saturated rings. The van der Waals surface area contributed by atoms with Crippen molar-refractivity contribution >= 4 is 11.6 Å². The number of rotatable bonds is 6. The number of hydrogen-bond donors (Lipinski definition) is 0. The van der Waals surface area contributed by atoms with Gasteiger partial charge in [0.15, 0.2) is 11.6 Å². The first-order chi connectivity index (χ1) is 7.63. The maximum absolute atomic E-state index is 12.9. The summed E-state index contributed by atoms with van der Waals surface area (Å²) < 4.78 is 25.6. The lowest BCUT2D eigenvalue weighted by Crippen LogP contribution is -2.22. The van der Waals surface area contributed by atoms with Crippen molar-refractivity contribution in [2.45, 2.75) is 12.8 Å². The molecule has 0 N–H and O–H groups in total. The van der Waals surface area contributed by atoms with Gasteiger partial charge in [0, 0.05) is 12.4 Å². The molecule has 0 saturated heterocycles. The van der Waals surface area contributed by atoms with E-state index in [2.05, 4.69) is 4.90 Å². The maximum atomic E-state index is 12.9. The first-order valence-corrected chi connectivity index (χ1v) is 5.85. The molecule has 1 aromatic rings. The molecule has 0 heterocycles. The Labute approximate surface area is 100 Å². The summed E-state index contributed by atoms with van der Waals surface area (Å²) in [7, 11) is 1.99. The van der Waals surface area contributed by atoms with Crippen LogP contribution >= 0.6 is 11.6 Å². The Kier molecular flexibility index (Phi) is 5.71. The summed E-state index contributed by atoms with van der Waals surface area (Å²) in [6, 6.07) is 4.04. The zero-order valence-electron chi connectivity index (χ0n) is 9.35. The van der Waals surface area contributed by atoms with E-state index >= 15 is 0 Å². The quantitative estimate of drug-likeness (QED) is 0.699. The zero-order valence-corrected chi connectivity index (χ0v) is 10.1. The van der Waals surface area contributed by atoms with E-state index in [1.54, 1.807) is 6.07 Å². The average Bonchev–Trinajstić information content (AvgIpc) is 2.28. The molecule has 90 valence electrons. The molecule has 16 heavy (non-hydrogen) atoms. The van der Waals surface area contributed by atoms with Gasteiger partial charge in [-0.15, -0.1) is 11.6 Å². The molecule has 4 heteroatoms. The summed E-state index contributed by atoms with van der Waals surface area (Å²) in [5, 5.41) is 0. The van der Waals surface area contributed by atoms with Gasteiger partial charge in [-0.3, -0.25) is 0 Å². The average molecular weight is 248 g/mol. The third kappa shape index (κ3) is 4.45. The van der Waals surface area contributed by atoms with Crippen LogP contribution in [0.1, 0.15) is 12.0 Å². The van der Waals surface area contributed by atoms with Crippen LogP contribution in [0.3, 0.4) is 0 Å². The molecular weight excluding hydrogens is 232 g/mol. The zero-order chi connectivity index (χ0) is 12.0. The summed E-state index contributed by atoms with van der Waals surface area (Å²) in [6.45, 7) is 1.75. The van der Waals surface area contributed by atoms with E-state index in [1.165, 1.54) is 12.1 Å². The van der Waals surface area contributed by atoms with Crippen molar-refractivity contribution in [3.8, 4) is 0 Å². The maximum Gasteiger partial charge on any atom is 0.159 e. The van der Waals surface area contributed by atoms with Gasteiger partial charge in [-0.25, -0.2) is 8.78 Å². The third-order valence-corrected chi connectivity index (χ3v) is 2.71. The van der Waals surface area contributed by atoms with E-state index in [-0.39, 0.29) is 0 Å². The summed E-state index contributed by atoms with van der Waals surface area (Å²) in [6.07, 6.45) is 1.66. The van der Waals surface area contributed by atoms with E-state index in [4.69, 9.17) is 11.6 Å². The molecule has 1 rings (SSSR count). The van der Waals surface area contributed by atoms with Crippen molar-refractivity contribution in [1.82, 2.24) is 4.90 Å². The number of likely N-dealkylation sites (N-methyl/N-ethyl adjacent to an activating group) is 1. The second-order valence-corrected chi connectivity index (χ2v) is 4.22. The van der Waals surface area contributed by atoms with Gasteiger partial charge in [0.25, 0.3) is 0 Å². The Bertz CT molecular complexity index is 331. The standard InChI is InChI=1S/C12H16ClF2N/c1-16(7-2-6-13)8-5-10-3-4-11(14)12(15)9-10/h3-4,9H,2,5-8H2,1H3. The Balaban J connectivity index is 2.39. The molecule has 0 saturated carbocycles. The van der Waals surface area contributed by atoms with Gasteiger partial charge in [0.05, 0.1) is 0 Å². The van der Waals surface area contributed by atoms with Crippen molar-refractivity contribution in [3.05, 3.63) is 35.4 Å². The fourth-order valence-electron chi connectivity index (χ4n) is 1.46. The molecule has 0 bridgehead atoms. The predicted octanol–water partition coefficient (Wildman–Crippen LogP) is 3.07. The van der Waals surface area contributed by atoms with Crippen LogP contribution in [0.15, 0.2) is 18.2 Å². The monoisotopic (exact) mass is 247 g/mol. The lowest BCUT2D eigenvalue weighted by atomic mass is 10.1. The van der Waals surface area contributed by atoms with Gasteiger partial charge in [-0.05, 0) is 44.1 Å². The smallest absolute Gasteiger partial charge is 0.159 e. The Morgan fingerprint density at radius 3 is 2.56 bits per heavy atom. The van der Waals surface area contributed by atoms with E-state index in [0.717, 1.165) is 31.5 Å². The molecular formula is C12H16ClF2N. The molecule has 0 amide bonds. The fourth-order valence-corrected chi connectivity index (χ4v) is 1.58. The fraction of sp³-hybridized carbons (Fsp3) is 0.500. The highest BCUT2D eigenvalue weighted by molar-refractivity contribution is 6.17. The van der Waals surface area contributed by atoms with E-state index in [1.807, 2.05) is 7.05 Å². The van der Waals surface area contributed by atoms with E-state index in [9.17, 15) is 8.78 Å². The molecule has 0 spiro atoms. The van der Waals surface area contributed by atoms with Crippen LogP contribution in [-0.4, -0.2) is 30.9 Å². The van der Waals surface area contributed by atoms with Gasteiger partial charge in [-0.1, -0.05) is 6.07 Å². The van der Waals surface area contributed by atoms with Gasteiger partial charge < -0.3 is 4.90 Å². The highest BCUT2D eigenvalue weighted by atomic mass is 35.5. The van der Waals surface area contributed by atoms with E-state index in [0.29, 0.717) is 5.88 Å². The topological polar surface area (TPSA) is 3.24 Å². The molecule has 0 aliphatic heterocycles. The number of halogens is 3. The molecule has 0 radical (unpaired) electrons. The second kappa shape index (κ2) is 6.81. The van der Waals surface area contributed by atoms with Crippen LogP contribution in [0.25, 0.3) is 0 Å². The van der Waals surface area contributed by atoms with Crippen molar-refractivity contribution < 1.29 is 8.78 Å². The summed E-state index contributed by atoms with van der Waals surface area (Å²) in [5.41, 5.74) is 0.816. The normalized spacial score (nSPS) is 11.1. The van der Waals surface area contributed by atoms with Crippen LogP contribution < -0.4 is 0 Å². The van der Waals surface area contributed by atoms with Gasteiger partial charge in [-0.2, -0.15) is 0 Å². The van der Waals surface area contributed by atoms with Crippen LogP contribution in [-0.2, 0) is 6.42 Å². The second-order valence-electron chi connectivity index (χ2n) is 3.84. The molecule has 0 aromatic heterocycles. The number of hydrogen-bond acceptors (Lipinski definition) is 1. The van der Waals surface area contributed by atoms with Crippen molar-refractivity contribution in [2.75, 3.05) is 26.0 Å².